The maximum Gasteiger partial charge on any atom is 1.00 e. The van der Waals surface area contributed by atoms with Crippen LogP contribution in [0.5, 0.6) is 0 Å². The van der Waals surface area contributed by atoms with Gasteiger partial charge in [0.2, 0.25) is 0 Å². The molecule has 0 aliphatic rings. The molecule has 0 bridgehead atoms. The Morgan fingerprint density at radius 2 is 1.27 bits per heavy atom. The average molecular weight is 402 g/mol. The molecule has 0 aromatic carbocycles. The van der Waals surface area contributed by atoms with Crippen LogP contribution in [0.15, 0.2) is 0 Å². The van der Waals surface area contributed by atoms with Crippen LogP contribution >= 0.6 is 0 Å². The van der Waals surface area contributed by atoms with Crippen LogP contribution in [-0.4, -0.2) is 33.7 Å². The molecule has 0 aromatic heterocycles. The van der Waals surface area contributed by atoms with E-state index in [0.29, 0.717) is 6.42 Å². The molecule has 0 saturated heterocycles. The van der Waals surface area contributed by atoms with E-state index in [1.807, 2.05) is 0 Å². The molecule has 7 heteroatoms. The van der Waals surface area contributed by atoms with Crippen molar-refractivity contribution in [2.45, 2.75) is 96.8 Å². The molecule has 0 spiro atoms. The van der Waals surface area contributed by atoms with Gasteiger partial charge < -0.3 is 10.9 Å². The van der Waals surface area contributed by atoms with Crippen molar-refractivity contribution < 1.29 is 48.4 Å². The molecule has 0 amide bonds. The van der Waals surface area contributed by atoms with Crippen LogP contribution < -0.4 is 34.9 Å². The van der Waals surface area contributed by atoms with Gasteiger partial charge in [0.25, 0.3) is 0 Å². The van der Waals surface area contributed by atoms with E-state index in [1.165, 1.54) is 64.2 Å². The molecule has 0 fully saturated rings. The van der Waals surface area contributed by atoms with E-state index >= 15 is 0 Å². The Bertz CT molecular complexity index is 422. The third-order valence-electron chi connectivity index (χ3n) is 4.31. The quantitative estimate of drug-likeness (QED) is 0.215. The fourth-order valence-corrected chi connectivity index (χ4v) is 3.64. The van der Waals surface area contributed by atoms with E-state index in [9.17, 15) is 13.2 Å². The summed E-state index contributed by atoms with van der Waals surface area (Å²) in [6.45, 7) is 2.53. The Hall–Kier alpha value is 0.380. The molecule has 0 aliphatic heterocycles. The first-order valence-electron chi connectivity index (χ1n) is 10.1. The number of hydrogen-bond donors (Lipinski definition) is 1. The zero-order valence-corrected chi connectivity index (χ0v) is 20.2. The van der Waals surface area contributed by atoms with Crippen molar-refractivity contribution in [2.75, 3.05) is 19.3 Å². The Morgan fingerprint density at radius 3 is 1.69 bits per heavy atom. The van der Waals surface area contributed by atoms with E-state index in [2.05, 4.69) is 16.4 Å². The molecule has 0 saturated carbocycles. The summed E-state index contributed by atoms with van der Waals surface area (Å²) in [6.07, 6.45) is 16.2. The zero-order valence-electron chi connectivity index (χ0n) is 18.4. The van der Waals surface area contributed by atoms with Crippen molar-refractivity contribution in [3.63, 3.8) is 0 Å². The van der Waals surface area contributed by atoms with Crippen molar-refractivity contribution in [1.29, 1.82) is 0 Å². The van der Waals surface area contributed by atoms with Gasteiger partial charge in [-0.15, -0.1) is 0 Å². The first-order valence-corrected chi connectivity index (χ1v) is 11.7. The SMILES string of the molecule is CCCCCCCCCCCCCCCC(=O)OS(=O)(=O)CCNC.[H-].[Na+]. The van der Waals surface area contributed by atoms with Gasteiger partial charge >= 0.3 is 45.6 Å². The third kappa shape index (κ3) is 20.7. The topological polar surface area (TPSA) is 72.5 Å². The predicted molar refractivity (Wildman–Crippen MR) is 105 cm³/mol. The van der Waals surface area contributed by atoms with Gasteiger partial charge in [-0.3, -0.25) is 4.79 Å². The minimum Gasteiger partial charge on any atom is -1.00 e. The standard InChI is InChI=1S/C19H39NO4S.Na.H/c1-3-4-5-6-7-8-9-10-11-12-13-14-15-16-19(21)24-25(22,23)18-17-20-2;;/h20H,3-18H2,1-2H3;;/q;+1;-1. The number of unbranched alkanes of at least 4 members (excludes halogenated alkanes) is 12. The molecule has 26 heavy (non-hydrogen) atoms. The van der Waals surface area contributed by atoms with Gasteiger partial charge in [0, 0.05) is 13.0 Å². The molecular weight excluding hydrogens is 361 g/mol. The molecular formula is C19H40NNaO4S. The third-order valence-corrected chi connectivity index (χ3v) is 5.45. The van der Waals surface area contributed by atoms with Crippen molar-refractivity contribution >= 4 is 16.1 Å². The second kappa shape index (κ2) is 20.1. The smallest absolute Gasteiger partial charge is 1.00 e. The predicted octanol–water partition coefficient (Wildman–Crippen LogP) is 1.68. The van der Waals surface area contributed by atoms with Crippen LogP contribution in [0.3, 0.4) is 0 Å². The van der Waals surface area contributed by atoms with Crippen molar-refractivity contribution in [3.8, 4) is 0 Å². The maximum atomic E-state index is 11.5. The average Bonchev–Trinajstić information content (AvgIpc) is 2.57. The molecule has 0 heterocycles. The Balaban J connectivity index is -0.00000288. The number of rotatable bonds is 18. The summed E-state index contributed by atoms with van der Waals surface area (Å²) in [5.41, 5.74) is 0. The van der Waals surface area contributed by atoms with E-state index in [0.717, 1.165) is 12.8 Å². The van der Waals surface area contributed by atoms with Crippen LogP contribution in [-0.2, 0) is 19.1 Å². The summed E-state index contributed by atoms with van der Waals surface area (Å²) in [7, 11) is -2.07. The van der Waals surface area contributed by atoms with Gasteiger partial charge in [-0.05, 0) is 13.5 Å². The van der Waals surface area contributed by atoms with Crippen LogP contribution in [0.2, 0.25) is 0 Å². The van der Waals surface area contributed by atoms with Crippen molar-refractivity contribution in [1.82, 2.24) is 5.32 Å². The van der Waals surface area contributed by atoms with Gasteiger partial charge in [-0.25, -0.2) is 0 Å². The molecule has 1 N–H and O–H groups in total. The van der Waals surface area contributed by atoms with Gasteiger partial charge in [0.1, 0.15) is 0 Å². The number of carbonyl (C=O) groups excluding carboxylic acids is 1. The summed E-state index contributed by atoms with van der Waals surface area (Å²) in [6, 6.07) is 0. The summed E-state index contributed by atoms with van der Waals surface area (Å²) in [5, 5.41) is 2.72. The minimum atomic E-state index is -3.72. The second-order valence-electron chi connectivity index (χ2n) is 6.81. The van der Waals surface area contributed by atoms with Crippen LogP contribution in [0.25, 0.3) is 0 Å². The fourth-order valence-electron chi connectivity index (χ4n) is 2.74. The fraction of sp³-hybridized carbons (Fsp3) is 0.947. The molecule has 5 nitrogen and oxygen atoms in total. The molecule has 0 atom stereocenters. The minimum absolute atomic E-state index is 0. The normalized spacial score (nSPS) is 11.2. The molecule has 0 aliphatic carbocycles. The van der Waals surface area contributed by atoms with Crippen molar-refractivity contribution in [3.05, 3.63) is 0 Å². The van der Waals surface area contributed by atoms with Crippen LogP contribution in [0.4, 0.5) is 0 Å². The zero-order chi connectivity index (χ0) is 18.8. The summed E-state index contributed by atoms with van der Waals surface area (Å²) < 4.78 is 27.4. The molecule has 0 radical (unpaired) electrons. The number of carbonyl (C=O) groups is 1. The van der Waals surface area contributed by atoms with E-state index in [-0.39, 0.29) is 49.7 Å². The van der Waals surface area contributed by atoms with Gasteiger partial charge in [0.15, 0.2) is 0 Å². The van der Waals surface area contributed by atoms with E-state index < -0.39 is 16.1 Å². The Labute approximate surface area is 185 Å². The monoisotopic (exact) mass is 401 g/mol. The molecule has 0 aromatic rings. The Morgan fingerprint density at radius 1 is 0.846 bits per heavy atom. The van der Waals surface area contributed by atoms with E-state index in [1.54, 1.807) is 7.05 Å². The number of nitrogens with one attached hydrogen (secondary N) is 1. The molecule has 0 unspecified atom stereocenters. The first-order chi connectivity index (χ1) is 12.0. The van der Waals surface area contributed by atoms with Gasteiger partial charge in [-0.1, -0.05) is 84.0 Å². The second-order valence-corrected chi connectivity index (χ2v) is 8.50. The Kier molecular flexibility index (Phi) is 22.1. The summed E-state index contributed by atoms with van der Waals surface area (Å²) >= 11 is 0. The van der Waals surface area contributed by atoms with Crippen molar-refractivity contribution in [2.24, 2.45) is 0 Å². The van der Waals surface area contributed by atoms with Gasteiger partial charge in [0.05, 0.1) is 5.75 Å². The maximum absolute atomic E-state index is 11.5. The first kappa shape index (κ1) is 28.6. The molecule has 0 rings (SSSR count). The number of hydrogen-bond acceptors (Lipinski definition) is 5. The van der Waals surface area contributed by atoms with E-state index in [4.69, 9.17) is 0 Å². The van der Waals surface area contributed by atoms with Gasteiger partial charge in [-0.2, -0.15) is 8.42 Å². The van der Waals surface area contributed by atoms with Crippen LogP contribution in [0, 0.1) is 0 Å². The summed E-state index contributed by atoms with van der Waals surface area (Å²) in [4.78, 5) is 11.5. The largest absolute Gasteiger partial charge is 1.00 e. The van der Waals surface area contributed by atoms with Crippen LogP contribution in [0.1, 0.15) is 98.2 Å². The summed E-state index contributed by atoms with van der Waals surface area (Å²) in [5.74, 6) is -0.799. The molecule has 152 valence electrons.